The molecule has 1 unspecified atom stereocenters. The lowest BCUT2D eigenvalue weighted by atomic mass is 10.1. The fourth-order valence-corrected chi connectivity index (χ4v) is 2.65. The average molecular weight is 319 g/mol. The lowest BCUT2D eigenvalue weighted by Crippen LogP contribution is -2.25. The topological polar surface area (TPSA) is 40.5 Å². The van der Waals surface area contributed by atoms with E-state index in [1.54, 1.807) is 4.90 Å². The van der Waals surface area contributed by atoms with Crippen molar-refractivity contribution in [2.24, 2.45) is 5.92 Å². The monoisotopic (exact) mass is 317 g/mol. The zero-order chi connectivity index (χ0) is 12.4. The Balaban J connectivity index is 2.30. The summed E-state index contributed by atoms with van der Waals surface area (Å²) in [7, 11) is 0. The first kappa shape index (κ1) is 12.9. The molecule has 1 saturated heterocycles. The summed E-state index contributed by atoms with van der Waals surface area (Å²) in [5.41, 5.74) is 1.61. The minimum atomic E-state index is -0.0265. The van der Waals surface area contributed by atoms with Crippen molar-refractivity contribution < 1.29 is 9.90 Å². The van der Waals surface area contributed by atoms with Crippen molar-refractivity contribution in [3.63, 3.8) is 0 Å². The van der Waals surface area contributed by atoms with Gasteiger partial charge >= 0.3 is 0 Å². The van der Waals surface area contributed by atoms with E-state index in [9.17, 15) is 4.79 Å². The number of hydrogen-bond acceptors (Lipinski definition) is 2. The molecule has 1 N–H and O–H groups in total. The molecule has 1 aromatic rings. The van der Waals surface area contributed by atoms with Gasteiger partial charge in [0.1, 0.15) is 0 Å². The lowest BCUT2D eigenvalue weighted by molar-refractivity contribution is -0.117. The third-order valence-corrected chi connectivity index (χ3v) is 4.01. The molecule has 1 fully saturated rings. The van der Waals surface area contributed by atoms with Gasteiger partial charge in [-0.2, -0.15) is 0 Å². The van der Waals surface area contributed by atoms with Crippen LogP contribution < -0.4 is 4.90 Å². The highest BCUT2D eigenvalue weighted by atomic mass is 79.9. The number of aliphatic hydroxyl groups excluding tert-OH is 1. The number of carbonyl (C=O) groups is 1. The van der Waals surface area contributed by atoms with Crippen molar-refractivity contribution in [2.45, 2.75) is 13.0 Å². The van der Waals surface area contributed by atoms with Crippen molar-refractivity contribution in [2.75, 3.05) is 17.3 Å². The summed E-state index contributed by atoms with van der Waals surface area (Å²) < 4.78 is 0.860. The van der Waals surface area contributed by atoms with Crippen LogP contribution in [0.5, 0.6) is 0 Å². The first-order chi connectivity index (χ1) is 8.15. The van der Waals surface area contributed by atoms with Gasteiger partial charge in [-0.1, -0.05) is 6.07 Å². The van der Waals surface area contributed by atoms with E-state index < -0.39 is 0 Å². The van der Waals surface area contributed by atoms with Gasteiger partial charge < -0.3 is 10.0 Å². The minimum Gasteiger partial charge on any atom is -0.392 e. The molecule has 0 aliphatic carbocycles. The minimum absolute atomic E-state index is 0.0265. The third kappa shape index (κ3) is 2.64. The number of anilines is 1. The number of amides is 1. The van der Waals surface area contributed by atoms with Crippen LogP contribution in [-0.2, 0) is 11.4 Å². The molecule has 1 aromatic carbocycles. The van der Waals surface area contributed by atoms with Crippen LogP contribution in [0.2, 0.25) is 0 Å². The number of benzene rings is 1. The number of hydrogen-bond donors (Lipinski definition) is 1. The molecule has 1 aliphatic heterocycles. The summed E-state index contributed by atoms with van der Waals surface area (Å²) in [6, 6.07) is 5.51. The first-order valence-corrected chi connectivity index (χ1v) is 6.74. The molecular formula is C12H13BrClNO2. The van der Waals surface area contributed by atoms with Gasteiger partial charge in [-0.25, -0.2) is 0 Å². The highest BCUT2D eigenvalue weighted by Crippen LogP contribution is 2.32. The molecule has 0 aromatic heterocycles. The summed E-state index contributed by atoms with van der Waals surface area (Å²) in [6.07, 6.45) is 0.499. The molecule has 0 bridgehead atoms. The van der Waals surface area contributed by atoms with Gasteiger partial charge in [0.15, 0.2) is 0 Å². The van der Waals surface area contributed by atoms with Crippen LogP contribution in [-0.4, -0.2) is 23.4 Å². The van der Waals surface area contributed by atoms with E-state index in [4.69, 9.17) is 16.7 Å². The number of nitrogens with zero attached hydrogens (tertiary/aromatic N) is 1. The van der Waals surface area contributed by atoms with Gasteiger partial charge in [0.25, 0.3) is 0 Å². The van der Waals surface area contributed by atoms with Gasteiger partial charge in [-0.05, 0) is 39.5 Å². The predicted molar refractivity (Wildman–Crippen MR) is 71.2 cm³/mol. The molecule has 1 heterocycles. The van der Waals surface area contributed by atoms with E-state index in [2.05, 4.69) is 15.9 Å². The zero-order valence-corrected chi connectivity index (χ0v) is 11.5. The molecule has 1 amide bonds. The van der Waals surface area contributed by atoms with Crippen molar-refractivity contribution >= 4 is 39.1 Å². The normalized spacial score (nSPS) is 20.1. The maximum atomic E-state index is 11.9. The van der Waals surface area contributed by atoms with Gasteiger partial charge in [0.2, 0.25) is 5.91 Å². The zero-order valence-electron chi connectivity index (χ0n) is 9.20. The van der Waals surface area contributed by atoms with Crippen LogP contribution in [0, 0.1) is 5.92 Å². The number of carbonyl (C=O) groups excluding carboxylic acids is 1. The molecule has 2 rings (SSSR count). The Morgan fingerprint density at radius 3 is 2.88 bits per heavy atom. The third-order valence-electron chi connectivity index (χ3n) is 2.91. The second-order valence-corrected chi connectivity index (χ2v) is 5.34. The standard InChI is InChI=1S/C12H13BrClNO2/c13-10-2-1-8(7-16)3-11(10)15-6-9(5-14)4-12(15)17/h1-3,9,16H,4-7H2. The van der Waals surface area contributed by atoms with Crippen LogP contribution >= 0.6 is 27.5 Å². The maximum Gasteiger partial charge on any atom is 0.227 e. The molecule has 17 heavy (non-hydrogen) atoms. The Morgan fingerprint density at radius 2 is 2.29 bits per heavy atom. The van der Waals surface area contributed by atoms with Gasteiger partial charge in [0.05, 0.1) is 12.3 Å². The molecule has 1 aliphatic rings. The molecule has 5 heteroatoms. The highest BCUT2D eigenvalue weighted by Gasteiger charge is 2.30. The molecule has 1 atom stereocenters. The number of halogens is 2. The fraction of sp³-hybridized carbons (Fsp3) is 0.417. The quantitative estimate of drug-likeness (QED) is 0.870. The van der Waals surface area contributed by atoms with E-state index in [1.165, 1.54) is 0 Å². The molecule has 3 nitrogen and oxygen atoms in total. The van der Waals surface area contributed by atoms with E-state index >= 15 is 0 Å². The summed E-state index contributed by atoms with van der Waals surface area (Å²) in [5.74, 6) is 0.805. The Kier molecular flexibility index (Phi) is 4.07. The largest absolute Gasteiger partial charge is 0.392 e. The van der Waals surface area contributed by atoms with Crippen molar-refractivity contribution in [1.29, 1.82) is 0 Å². The molecule has 0 spiro atoms. The van der Waals surface area contributed by atoms with Crippen LogP contribution in [0.1, 0.15) is 12.0 Å². The van der Waals surface area contributed by atoms with Crippen LogP contribution in [0.15, 0.2) is 22.7 Å². The number of alkyl halides is 1. The summed E-state index contributed by atoms with van der Waals surface area (Å²) in [4.78, 5) is 13.6. The lowest BCUT2D eigenvalue weighted by Gasteiger charge is -2.19. The molecule has 92 valence electrons. The van der Waals surface area contributed by atoms with Gasteiger partial charge in [-0.15, -0.1) is 11.6 Å². The van der Waals surface area contributed by atoms with E-state index in [0.29, 0.717) is 18.8 Å². The Bertz CT molecular complexity index is 439. The van der Waals surface area contributed by atoms with E-state index in [-0.39, 0.29) is 18.4 Å². The number of aliphatic hydroxyl groups is 1. The summed E-state index contributed by atoms with van der Waals surface area (Å²) in [5, 5.41) is 9.12. The van der Waals surface area contributed by atoms with E-state index in [1.807, 2.05) is 18.2 Å². The van der Waals surface area contributed by atoms with Crippen LogP contribution in [0.25, 0.3) is 0 Å². The smallest absolute Gasteiger partial charge is 0.227 e. The number of rotatable bonds is 3. The Labute approximate surface area is 114 Å². The van der Waals surface area contributed by atoms with Gasteiger partial charge in [0, 0.05) is 23.3 Å². The first-order valence-electron chi connectivity index (χ1n) is 5.41. The molecule has 0 saturated carbocycles. The fourth-order valence-electron chi connectivity index (χ4n) is 1.98. The molecular weight excluding hydrogens is 305 g/mol. The average Bonchev–Trinajstić information content (AvgIpc) is 2.71. The highest BCUT2D eigenvalue weighted by molar-refractivity contribution is 9.10. The van der Waals surface area contributed by atoms with Crippen molar-refractivity contribution in [3.05, 3.63) is 28.2 Å². The SMILES string of the molecule is O=C1CC(CCl)CN1c1cc(CO)ccc1Br. The second kappa shape index (κ2) is 5.38. The predicted octanol–water partition coefficient (Wildman–Crippen LogP) is 2.53. The van der Waals surface area contributed by atoms with E-state index in [0.717, 1.165) is 15.7 Å². The summed E-state index contributed by atoms with van der Waals surface area (Å²) in [6.45, 7) is 0.622. The van der Waals surface area contributed by atoms with Gasteiger partial charge in [-0.3, -0.25) is 4.79 Å². The van der Waals surface area contributed by atoms with Crippen molar-refractivity contribution in [3.8, 4) is 0 Å². The summed E-state index contributed by atoms with van der Waals surface area (Å²) >= 11 is 9.22. The maximum absolute atomic E-state index is 11.9. The van der Waals surface area contributed by atoms with Crippen LogP contribution in [0.3, 0.4) is 0 Å². The van der Waals surface area contributed by atoms with Crippen molar-refractivity contribution in [1.82, 2.24) is 0 Å². The molecule has 0 radical (unpaired) electrons. The Hall–Kier alpha value is -0.580. The van der Waals surface area contributed by atoms with Crippen LogP contribution in [0.4, 0.5) is 5.69 Å². The second-order valence-electron chi connectivity index (χ2n) is 4.17. The Morgan fingerprint density at radius 1 is 1.53 bits per heavy atom.